The lowest BCUT2D eigenvalue weighted by Gasteiger charge is -2.15. The Balaban J connectivity index is 1.78. The SMILES string of the molecule is Cc1cc(C)n(CCCNC(=O)CN(C)S(=O)(=O)c2ccc(Cl)s2)n1. The van der Waals surface area contributed by atoms with E-state index in [0.717, 1.165) is 27.0 Å². The van der Waals surface area contributed by atoms with Gasteiger partial charge in [-0.05, 0) is 38.5 Å². The maximum absolute atomic E-state index is 12.3. The van der Waals surface area contributed by atoms with Gasteiger partial charge in [-0.1, -0.05) is 11.6 Å². The highest BCUT2D eigenvalue weighted by atomic mass is 35.5. The Labute approximate surface area is 156 Å². The van der Waals surface area contributed by atoms with Crippen LogP contribution in [-0.4, -0.2) is 48.5 Å². The van der Waals surface area contributed by atoms with Gasteiger partial charge >= 0.3 is 0 Å². The summed E-state index contributed by atoms with van der Waals surface area (Å²) in [4.78, 5) is 12.0. The summed E-state index contributed by atoms with van der Waals surface area (Å²) in [7, 11) is -2.32. The Kier molecular flexibility index (Phi) is 6.61. The van der Waals surface area contributed by atoms with E-state index in [9.17, 15) is 13.2 Å². The topological polar surface area (TPSA) is 84.3 Å². The van der Waals surface area contributed by atoms with Crippen molar-refractivity contribution in [3.8, 4) is 0 Å². The van der Waals surface area contributed by atoms with Crippen molar-refractivity contribution in [1.29, 1.82) is 0 Å². The van der Waals surface area contributed by atoms with Crippen molar-refractivity contribution in [2.24, 2.45) is 0 Å². The van der Waals surface area contributed by atoms with E-state index in [4.69, 9.17) is 11.6 Å². The van der Waals surface area contributed by atoms with Gasteiger partial charge in [-0.3, -0.25) is 9.48 Å². The van der Waals surface area contributed by atoms with Gasteiger partial charge in [-0.2, -0.15) is 9.40 Å². The molecule has 0 atom stereocenters. The minimum atomic E-state index is -3.70. The van der Waals surface area contributed by atoms with Crippen LogP contribution in [0.4, 0.5) is 0 Å². The summed E-state index contributed by atoms with van der Waals surface area (Å²) in [6, 6.07) is 4.95. The number of thiophene rings is 1. The monoisotopic (exact) mass is 404 g/mol. The molecule has 1 amide bonds. The van der Waals surface area contributed by atoms with Gasteiger partial charge in [0.25, 0.3) is 10.0 Å². The molecule has 1 N–H and O–H groups in total. The predicted molar refractivity (Wildman–Crippen MR) is 98.5 cm³/mol. The van der Waals surface area contributed by atoms with Crippen molar-refractivity contribution in [3.63, 3.8) is 0 Å². The smallest absolute Gasteiger partial charge is 0.252 e. The van der Waals surface area contributed by atoms with Crippen LogP contribution in [0.25, 0.3) is 0 Å². The highest BCUT2D eigenvalue weighted by Crippen LogP contribution is 2.27. The fourth-order valence-electron chi connectivity index (χ4n) is 2.29. The Bertz CT molecular complexity index is 845. The number of halogens is 1. The molecule has 138 valence electrons. The first-order chi connectivity index (χ1) is 11.7. The van der Waals surface area contributed by atoms with E-state index in [2.05, 4.69) is 10.4 Å². The summed E-state index contributed by atoms with van der Waals surface area (Å²) in [5, 5.41) is 7.08. The van der Waals surface area contributed by atoms with Gasteiger partial charge in [0, 0.05) is 25.8 Å². The fourth-order valence-corrected chi connectivity index (χ4v) is 5.11. The molecule has 2 aromatic rings. The molecule has 2 aromatic heterocycles. The van der Waals surface area contributed by atoms with E-state index >= 15 is 0 Å². The number of hydrogen-bond donors (Lipinski definition) is 1. The summed E-state index contributed by atoms with van der Waals surface area (Å²) in [6.45, 7) is 4.83. The van der Waals surface area contributed by atoms with Crippen molar-refractivity contribution in [2.45, 2.75) is 31.0 Å². The summed E-state index contributed by atoms with van der Waals surface area (Å²) in [5.74, 6) is -0.345. The molecule has 7 nitrogen and oxygen atoms in total. The lowest BCUT2D eigenvalue weighted by atomic mass is 10.4. The Hall–Kier alpha value is -1.42. The average molecular weight is 405 g/mol. The molecule has 25 heavy (non-hydrogen) atoms. The van der Waals surface area contributed by atoms with Crippen molar-refractivity contribution in [3.05, 3.63) is 33.9 Å². The number of aryl methyl sites for hydroxylation is 3. The van der Waals surface area contributed by atoms with Crippen molar-refractivity contribution in [2.75, 3.05) is 20.1 Å². The molecule has 2 heterocycles. The molecule has 0 radical (unpaired) electrons. The fraction of sp³-hybridized carbons (Fsp3) is 0.467. The van der Waals surface area contributed by atoms with Crippen molar-refractivity contribution < 1.29 is 13.2 Å². The lowest BCUT2D eigenvalue weighted by Crippen LogP contribution is -2.38. The zero-order valence-corrected chi connectivity index (χ0v) is 16.7. The van der Waals surface area contributed by atoms with Crippen molar-refractivity contribution in [1.82, 2.24) is 19.4 Å². The van der Waals surface area contributed by atoms with E-state index in [1.807, 2.05) is 24.6 Å². The van der Waals surface area contributed by atoms with Gasteiger partial charge in [0.1, 0.15) is 4.21 Å². The molecule has 0 aliphatic rings. The molecule has 10 heteroatoms. The van der Waals surface area contributed by atoms with Gasteiger partial charge in [-0.15, -0.1) is 11.3 Å². The van der Waals surface area contributed by atoms with Crippen LogP contribution in [0.3, 0.4) is 0 Å². The van der Waals surface area contributed by atoms with Gasteiger partial charge in [0.15, 0.2) is 0 Å². The summed E-state index contributed by atoms with van der Waals surface area (Å²) >= 11 is 6.74. The second-order valence-electron chi connectivity index (χ2n) is 5.67. The average Bonchev–Trinajstić information content (AvgIpc) is 3.09. The predicted octanol–water partition coefficient (Wildman–Crippen LogP) is 2.04. The molecule has 0 saturated carbocycles. The largest absolute Gasteiger partial charge is 0.355 e. The third kappa shape index (κ3) is 5.27. The van der Waals surface area contributed by atoms with Gasteiger partial charge in [0.05, 0.1) is 16.6 Å². The molecular weight excluding hydrogens is 384 g/mol. The molecule has 0 aliphatic carbocycles. The highest BCUT2D eigenvalue weighted by Gasteiger charge is 2.24. The first kappa shape index (κ1) is 19.9. The molecule has 0 bridgehead atoms. The second kappa shape index (κ2) is 8.31. The number of nitrogens with zero attached hydrogens (tertiary/aromatic N) is 3. The van der Waals surface area contributed by atoms with E-state index in [0.29, 0.717) is 23.8 Å². The lowest BCUT2D eigenvalue weighted by molar-refractivity contribution is -0.121. The number of amides is 1. The molecule has 0 spiro atoms. The molecule has 0 unspecified atom stereocenters. The number of aromatic nitrogens is 2. The molecule has 0 saturated heterocycles. The number of rotatable bonds is 8. The number of carbonyl (C=O) groups is 1. The minimum absolute atomic E-state index is 0.123. The maximum atomic E-state index is 12.3. The van der Waals surface area contributed by atoms with Crippen LogP contribution in [-0.2, 0) is 21.4 Å². The van der Waals surface area contributed by atoms with Gasteiger partial charge in [0.2, 0.25) is 5.91 Å². The number of nitrogens with one attached hydrogen (secondary N) is 1. The van der Waals surface area contributed by atoms with Crippen molar-refractivity contribution >= 4 is 38.9 Å². The van der Waals surface area contributed by atoms with E-state index < -0.39 is 10.0 Å². The third-order valence-electron chi connectivity index (χ3n) is 3.55. The number of likely N-dealkylation sites (N-methyl/N-ethyl adjacent to an activating group) is 1. The summed E-state index contributed by atoms with van der Waals surface area (Å²) in [6.07, 6.45) is 0.713. The van der Waals surface area contributed by atoms with Crippen LogP contribution >= 0.6 is 22.9 Å². The number of sulfonamides is 1. The van der Waals surface area contributed by atoms with Crippen LogP contribution in [0.15, 0.2) is 22.4 Å². The molecule has 0 aliphatic heterocycles. The Morgan fingerprint density at radius 3 is 2.68 bits per heavy atom. The molecule has 0 fully saturated rings. The minimum Gasteiger partial charge on any atom is -0.355 e. The van der Waals surface area contributed by atoms with Crippen LogP contribution in [0.2, 0.25) is 4.34 Å². The molecule has 2 rings (SSSR count). The van der Waals surface area contributed by atoms with Crippen LogP contribution in [0.1, 0.15) is 17.8 Å². The Morgan fingerprint density at radius 1 is 1.40 bits per heavy atom. The standard InChI is InChI=1S/C15H21ClN4O3S2/c1-11-9-12(2)20(18-11)8-4-7-17-14(21)10-19(3)25(22,23)15-6-5-13(16)24-15/h5-6,9H,4,7-8,10H2,1-3H3,(H,17,21). The summed E-state index contributed by atoms with van der Waals surface area (Å²) < 4.78 is 28.1. The zero-order valence-electron chi connectivity index (χ0n) is 14.3. The maximum Gasteiger partial charge on any atom is 0.252 e. The van der Waals surface area contributed by atoms with Crippen LogP contribution in [0, 0.1) is 13.8 Å². The zero-order chi connectivity index (χ0) is 18.6. The van der Waals surface area contributed by atoms with Gasteiger partial charge in [-0.25, -0.2) is 8.42 Å². The third-order valence-corrected chi connectivity index (χ3v) is 7.05. The van der Waals surface area contributed by atoms with Crippen LogP contribution < -0.4 is 5.32 Å². The first-order valence-corrected chi connectivity index (χ1v) is 10.3. The van der Waals surface area contributed by atoms with Gasteiger partial charge < -0.3 is 5.32 Å². The van der Waals surface area contributed by atoms with E-state index in [-0.39, 0.29) is 16.7 Å². The van der Waals surface area contributed by atoms with E-state index in [1.54, 1.807) is 0 Å². The number of carbonyl (C=O) groups excluding carboxylic acids is 1. The second-order valence-corrected chi connectivity index (χ2v) is 9.66. The quantitative estimate of drug-likeness (QED) is 0.682. The molecular formula is C15H21ClN4O3S2. The van der Waals surface area contributed by atoms with E-state index in [1.165, 1.54) is 19.2 Å². The molecule has 0 aromatic carbocycles. The Morgan fingerprint density at radius 2 is 2.12 bits per heavy atom. The van der Waals surface area contributed by atoms with Crippen LogP contribution in [0.5, 0.6) is 0 Å². The highest BCUT2D eigenvalue weighted by molar-refractivity contribution is 7.91. The summed E-state index contributed by atoms with van der Waals surface area (Å²) in [5.41, 5.74) is 2.03. The normalized spacial score (nSPS) is 11.9. The number of hydrogen-bond acceptors (Lipinski definition) is 5. The first-order valence-electron chi connectivity index (χ1n) is 7.69.